The first-order valence-electron chi connectivity index (χ1n) is 7.09. The van der Waals surface area contributed by atoms with E-state index >= 15 is 0 Å². The average molecular weight is 271 g/mol. The molecule has 106 valence electrons. The van der Waals surface area contributed by atoms with Crippen molar-refractivity contribution in [1.82, 2.24) is 0 Å². The Labute approximate surface area is 120 Å². The number of benzene rings is 1. The van der Waals surface area contributed by atoms with Crippen LogP contribution >= 0.6 is 0 Å². The van der Waals surface area contributed by atoms with Crippen LogP contribution in [-0.2, 0) is 0 Å². The second-order valence-electron chi connectivity index (χ2n) is 6.64. The third-order valence-electron chi connectivity index (χ3n) is 3.90. The van der Waals surface area contributed by atoms with E-state index in [-0.39, 0.29) is 11.5 Å². The van der Waals surface area contributed by atoms with Gasteiger partial charge in [0.05, 0.1) is 11.7 Å². The summed E-state index contributed by atoms with van der Waals surface area (Å²) in [5, 5.41) is 9.18. The number of hydrogen-bond acceptors (Lipinski definition) is 3. The largest absolute Gasteiger partial charge is 0.489 e. The third-order valence-corrected chi connectivity index (χ3v) is 3.90. The highest BCUT2D eigenvalue weighted by molar-refractivity contribution is 5.76. The number of rotatable bonds is 3. The number of nitriles is 1. The summed E-state index contributed by atoms with van der Waals surface area (Å²) in [5.41, 5.74) is 1.22. The number of hydrogen-bond donors (Lipinski definition) is 0. The van der Waals surface area contributed by atoms with Gasteiger partial charge in [0.15, 0.2) is 0 Å². The van der Waals surface area contributed by atoms with Crippen LogP contribution in [0.25, 0.3) is 0 Å². The van der Waals surface area contributed by atoms with E-state index in [1.807, 2.05) is 0 Å². The Morgan fingerprint density at radius 1 is 1.40 bits per heavy atom. The van der Waals surface area contributed by atoms with Crippen molar-refractivity contribution < 1.29 is 9.53 Å². The molecule has 1 aromatic rings. The van der Waals surface area contributed by atoms with Crippen LogP contribution in [0.15, 0.2) is 18.2 Å². The van der Waals surface area contributed by atoms with Crippen LogP contribution in [0, 0.1) is 22.7 Å². The van der Waals surface area contributed by atoms with Crippen LogP contribution in [0.2, 0.25) is 0 Å². The molecule has 2 rings (SSSR count). The lowest BCUT2D eigenvalue weighted by Crippen LogP contribution is -2.34. The van der Waals surface area contributed by atoms with E-state index in [9.17, 15) is 10.1 Å². The molecule has 20 heavy (non-hydrogen) atoms. The van der Waals surface area contributed by atoms with Gasteiger partial charge < -0.3 is 4.74 Å². The highest BCUT2D eigenvalue weighted by Gasteiger charge is 2.33. The lowest BCUT2D eigenvalue weighted by molar-refractivity contribution is 0.0560. The van der Waals surface area contributed by atoms with Gasteiger partial charge in [-0.3, -0.25) is 4.79 Å². The summed E-state index contributed by atoms with van der Waals surface area (Å²) in [6.45, 7) is 6.78. The van der Waals surface area contributed by atoms with Crippen molar-refractivity contribution in [2.75, 3.05) is 0 Å². The lowest BCUT2D eigenvalue weighted by Gasteiger charge is -2.38. The summed E-state index contributed by atoms with van der Waals surface area (Å²) >= 11 is 0. The Balaban J connectivity index is 2.18. The molecule has 1 aromatic carbocycles. The van der Waals surface area contributed by atoms with E-state index in [2.05, 4.69) is 26.8 Å². The Kier molecular flexibility index (Phi) is 4.13. The molecule has 1 aliphatic rings. The smallest absolute Gasteiger partial charge is 0.150 e. The number of ether oxygens (including phenoxy) is 1. The summed E-state index contributed by atoms with van der Waals surface area (Å²) in [6.07, 6.45) is 4.11. The summed E-state index contributed by atoms with van der Waals surface area (Å²) in [4.78, 5) is 10.8. The predicted molar refractivity (Wildman–Crippen MR) is 77.8 cm³/mol. The Hall–Kier alpha value is -1.82. The van der Waals surface area contributed by atoms with Crippen molar-refractivity contribution in [2.45, 2.75) is 46.1 Å². The Bertz CT molecular complexity index is 542. The third kappa shape index (κ3) is 3.39. The maximum Gasteiger partial charge on any atom is 0.150 e. The molecular weight excluding hydrogens is 250 g/mol. The molecule has 1 saturated carbocycles. The molecule has 0 spiro atoms. The minimum atomic E-state index is 0.142. The van der Waals surface area contributed by atoms with Gasteiger partial charge in [0.25, 0.3) is 0 Å². The normalized spacial score (nSPS) is 24.7. The molecule has 0 heterocycles. The van der Waals surface area contributed by atoms with Gasteiger partial charge >= 0.3 is 0 Å². The zero-order valence-electron chi connectivity index (χ0n) is 12.3. The second kappa shape index (κ2) is 5.66. The second-order valence-corrected chi connectivity index (χ2v) is 6.64. The van der Waals surface area contributed by atoms with Crippen molar-refractivity contribution in [3.05, 3.63) is 29.3 Å². The fourth-order valence-corrected chi connectivity index (χ4v) is 3.34. The van der Waals surface area contributed by atoms with Crippen LogP contribution in [0.4, 0.5) is 0 Å². The summed E-state index contributed by atoms with van der Waals surface area (Å²) < 4.78 is 6.04. The summed E-state index contributed by atoms with van der Waals surface area (Å²) in [5.74, 6) is 1.22. The van der Waals surface area contributed by atoms with Crippen molar-refractivity contribution >= 4 is 6.29 Å². The zero-order chi connectivity index (χ0) is 14.8. The van der Waals surface area contributed by atoms with Gasteiger partial charge in [-0.1, -0.05) is 20.8 Å². The van der Waals surface area contributed by atoms with Crippen molar-refractivity contribution in [3.8, 4) is 11.8 Å². The zero-order valence-corrected chi connectivity index (χ0v) is 12.3. The standard InChI is InChI=1S/C17H21NO2/c1-12-6-15(9-17(2,3)8-12)20-16-5-4-13(11-19)7-14(16)10-18/h4-5,7,11-12,15H,6,8-9H2,1-3H3. The van der Waals surface area contributed by atoms with Gasteiger partial charge in [0.1, 0.15) is 18.1 Å². The minimum Gasteiger partial charge on any atom is -0.489 e. The highest BCUT2D eigenvalue weighted by Crippen LogP contribution is 2.40. The van der Waals surface area contributed by atoms with Crippen LogP contribution in [0.5, 0.6) is 5.75 Å². The first-order valence-corrected chi connectivity index (χ1v) is 7.09. The first kappa shape index (κ1) is 14.6. The van der Waals surface area contributed by atoms with Gasteiger partial charge in [0, 0.05) is 5.56 Å². The van der Waals surface area contributed by atoms with E-state index in [4.69, 9.17) is 4.74 Å². The van der Waals surface area contributed by atoms with Crippen LogP contribution in [0.3, 0.4) is 0 Å². The monoisotopic (exact) mass is 271 g/mol. The van der Waals surface area contributed by atoms with Crippen LogP contribution < -0.4 is 4.74 Å². The van der Waals surface area contributed by atoms with Crippen molar-refractivity contribution in [3.63, 3.8) is 0 Å². The molecule has 0 aromatic heterocycles. The molecule has 0 bridgehead atoms. The Morgan fingerprint density at radius 2 is 2.15 bits per heavy atom. The van der Waals surface area contributed by atoms with Gasteiger partial charge in [-0.25, -0.2) is 0 Å². The van der Waals surface area contributed by atoms with Gasteiger partial charge in [-0.2, -0.15) is 5.26 Å². The SMILES string of the molecule is CC1CC(Oc2ccc(C=O)cc2C#N)CC(C)(C)C1. The van der Waals surface area contributed by atoms with Gasteiger partial charge in [0.2, 0.25) is 0 Å². The molecule has 0 radical (unpaired) electrons. The van der Waals surface area contributed by atoms with E-state index < -0.39 is 0 Å². The molecule has 2 atom stereocenters. The quantitative estimate of drug-likeness (QED) is 0.782. The van der Waals surface area contributed by atoms with Crippen LogP contribution in [-0.4, -0.2) is 12.4 Å². The molecule has 3 nitrogen and oxygen atoms in total. The topological polar surface area (TPSA) is 50.1 Å². The van der Waals surface area contributed by atoms with E-state index in [0.29, 0.717) is 22.8 Å². The van der Waals surface area contributed by atoms with Gasteiger partial charge in [-0.15, -0.1) is 0 Å². The number of carbonyl (C=O) groups excluding carboxylic acids is 1. The molecule has 1 aliphatic carbocycles. The van der Waals surface area contributed by atoms with Crippen molar-refractivity contribution in [2.24, 2.45) is 11.3 Å². The Morgan fingerprint density at radius 3 is 2.75 bits per heavy atom. The minimum absolute atomic E-state index is 0.142. The molecule has 0 amide bonds. The number of carbonyl (C=O) groups is 1. The fraction of sp³-hybridized carbons (Fsp3) is 0.529. The molecule has 1 fully saturated rings. The summed E-state index contributed by atoms with van der Waals surface area (Å²) in [7, 11) is 0. The number of nitrogens with zero attached hydrogens (tertiary/aromatic N) is 1. The van der Waals surface area contributed by atoms with Crippen molar-refractivity contribution in [1.29, 1.82) is 5.26 Å². The van der Waals surface area contributed by atoms with E-state index in [1.165, 1.54) is 6.42 Å². The fourth-order valence-electron chi connectivity index (χ4n) is 3.34. The van der Waals surface area contributed by atoms with Crippen LogP contribution in [0.1, 0.15) is 56.0 Å². The van der Waals surface area contributed by atoms with E-state index in [0.717, 1.165) is 19.1 Å². The highest BCUT2D eigenvalue weighted by atomic mass is 16.5. The maximum atomic E-state index is 10.8. The lowest BCUT2D eigenvalue weighted by atomic mass is 9.71. The average Bonchev–Trinajstić information content (AvgIpc) is 2.36. The molecule has 3 heteroatoms. The molecule has 2 unspecified atom stereocenters. The van der Waals surface area contributed by atoms with Gasteiger partial charge in [-0.05, 0) is 48.8 Å². The summed E-state index contributed by atoms with van der Waals surface area (Å²) in [6, 6.07) is 7.12. The number of aldehydes is 1. The predicted octanol–water partition coefficient (Wildman–Crippen LogP) is 3.96. The molecule has 0 aliphatic heterocycles. The maximum absolute atomic E-state index is 10.8. The molecule has 0 saturated heterocycles. The first-order chi connectivity index (χ1) is 9.43. The van der Waals surface area contributed by atoms with E-state index in [1.54, 1.807) is 18.2 Å². The molecule has 0 N–H and O–H groups in total. The molecular formula is C17H21NO2.